The van der Waals surface area contributed by atoms with Gasteiger partial charge in [0, 0.05) is 91.1 Å². The van der Waals surface area contributed by atoms with Crippen molar-refractivity contribution >= 4 is 64.4 Å². The number of halogens is 1. The van der Waals surface area contributed by atoms with Crippen LogP contribution in [0.3, 0.4) is 0 Å². The SMILES string of the molecule is C/C=C/C[C@@H](C)[C@@H](O)[C@@H]1CC(=O)[C@H](C(C)C)N(C)C(=O)[C@H](CC(C)C)CC(=O)[C@H](CC(C)C)N(C)C(=O)[C@@H](C)NC(=O)[C@H](C)CC(=O)[C@H](CC(C)C)N(C)C(=O)[C@H](C(C)C)CC(=O)[C@H]([C@@H](C)OCCCCF)N(C)C(=O)CCC(=O)[C@H](CC)NC1=O.CCCCCC(C)C. The Hall–Kier alpha value is -5.24. The van der Waals surface area contributed by atoms with Crippen LogP contribution in [0.15, 0.2) is 12.2 Å². The number of nitrogens with one attached hydrogen (secondary N) is 2. The predicted octanol–water partition coefficient (Wildman–Crippen LogP) is 11.2. The van der Waals surface area contributed by atoms with E-state index in [4.69, 9.17) is 4.74 Å². The Kier molecular flexibility index (Phi) is 42.8. The normalized spacial score (nSPS) is 25.7. The molecule has 6 amide bonds. The zero-order valence-electron chi connectivity index (χ0n) is 62.6. The van der Waals surface area contributed by atoms with E-state index in [0.29, 0.717) is 12.8 Å². The number of nitrogens with zero attached hydrogens (tertiary/aromatic N) is 4. The second-order valence-corrected chi connectivity index (χ2v) is 29.4. The molecule has 0 spiro atoms. The number of ether oxygens (including phenoxy) is 1. The number of rotatable bonds is 23. The third kappa shape index (κ3) is 30.5. The van der Waals surface area contributed by atoms with Crippen molar-refractivity contribution in [1.29, 1.82) is 0 Å². The number of aliphatic hydroxyl groups is 1. The van der Waals surface area contributed by atoms with E-state index < -0.39 is 174 Å². The van der Waals surface area contributed by atoms with Crippen LogP contribution in [0, 0.1) is 65.1 Å². The Bertz CT molecular complexity index is 2410. The van der Waals surface area contributed by atoms with Crippen molar-refractivity contribution in [1.82, 2.24) is 30.2 Å². The monoisotopic (exact) mass is 1330 g/mol. The lowest BCUT2D eigenvalue weighted by atomic mass is 9.82. The van der Waals surface area contributed by atoms with E-state index in [1.165, 1.54) is 80.4 Å². The Balaban J connectivity index is 0.0000101. The molecule has 0 aromatic rings. The van der Waals surface area contributed by atoms with Crippen LogP contribution in [0.1, 0.15) is 241 Å². The van der Waals surface area contributed by atoms with Gasteiger partial charge in [0.25, 0.3) is 0 Å². The zero-order chi connectivity index (χ0) is 72.6. The number of amides is 6. The number of unbranched alkanes of at least 4 members (excludes halogenated alkanes) is 3. The van der Waals surface area contributed by atoms with Crippen LogP contribution >= 0.6 is 0 Å². The Morgan fingerprint density at radius 2 is 1.09 bits per heavy atom. The number of likely N-dealkylation sites (N-methyl/N-ethyl adjacent to an activating group) is 4. The van der Waals surface area contributed by atoms with Gasteiger partial charge in [0.15, 0.2) is 28.9 Å². The molecule has 1 saturated heterocycles. The molecule has 0 aromatic carbocycles. The molecule has 1 rings (SSSR count). The minimum Gasteiger partial charge on any atom is -0.392 e. The van der Waals surface area contributed by atoms with Gasteiger partial charge in [-0.15, -0.1) is 0 Å². The summed E-state index contributed by atoms with van der Waals surface area (Å²) in [5, 5.41) is 17.4. The van der Waals surface area contributed by atoms with Crippen LogP contribution in [0.25, 0.3) is 0 Å². The molecular weight excluding hydrogens is 1200 g/mol. The van der Waals surface area contributed by atoms with Crippen LogP contribution in [0.4, 0.5) is 4.39 Å². The predicted molar refractivity (Wildman–Crippen MR) is 371 cm³/mol. The Labute approximate surface area is 567 Å². The largest absolute Gasteiger partial charge is 0.392 e. The number of allylic oxidation sites excluding steroid dienone is 2. The van der Waals surface area contributed by atoms with Gasteiger partial charge in [-0.05, 0) is 107 Å². The maximum Gasteiger partial charge on any atom is 0.245 e. The molecule has 0 aliphatic carbocycles. The number of carbonyl (C=O) groups excluding carboxylic acids is 11. The summed E-state index contributed by atoms with van der Waals surface area (Å²) in [7, 11) is 5.83. The molecule has 542 valence electrons. The van der Waals surface area contributed by atoms with E-state index >= 15 is 0 Å². The lowest BCUT2D eigenvalue weighted by molar-refractivity contribution is -0.148. The minimum absolute atomic E-state index is 0.0606. The number of hydrogen-bond acceptors (Lipinski definition) is 13. The molecule has 0 bridgehead atoms. The topological polar surface area (TPSA) is 254 Å². The fraction of sp³-hybridized carbons (Fsp3) is 0.824. The number of carbonyl (C=O) groups is 11. The van der Waals surface area contributed by atoms with Crippen LogP contribution < -0.4 is 10.6 Å². The molecule has 3 N–H and O–H groups in total. The first-order valence-corrected chi connectivity index (χ1v) is 35.5. The van der Waals surface area contributed by atoms with E-state index in [1.807, 2.05) is 54.5 Å². The highest BCUT2D eigenvalue weighted by atomic mass is 19.1. The second-order valence-electron chi connectivity index (χ2n) is 29.4. The van der Waals surface area contributed by atoms with Gasteiger partial charge in [-0.1, -0.05) is 149 Å². The van der Waals surface area contributed by atoms with Crippen LogP contribution in [-0.4, -0.2) is 179 Å². The lowest BCUT2D eigenvalue weighted by Gasteiger charge is -2.36. The highest BCUT2D eigenvalue weighted by Gasteiger charge is 2.43. The first-order chi connectivity index (χ1) is 43.8. The molecule has 13 atom stereocenters. The second kappa shape index (κ2) is 45.3. The van der Waals surface area contributed by atoms with Gasteiger partial charge < -0.3 is 40.1 Å². The van der Waals surface area contributed by atoms with Crippen LogP contribution in [0.5, 0.6) is 0 Å². The van der Waals surface area contributed by atoms with Crippen molar-refractivity contribution in [2.75, 3.05) is 41.5 Å². The van der Waals surface area contributed by atoms with Crippen molar-refractivity contribution in [3.05, 3.63) is 12.2 Å². The third-order valence-corrected chi connectivity index (χ3v) is 18.3. The zero-order valence-corrected chi connectivity index (χ0v) is 62.6. The number of hydrogen-bond donors (Lipinski definition) is 3. The fourth-order valence-corrected chi connectivity index (χ4v) is 12.5. The van der Waals surface area contributed by atoms with E-state index in [2.05, 4.69) is 31.4 Å². The highest BCUT2D eigenvalue weighted by Crippen LogP contribution is 2.30. The van der Waals surface area contributed by atoms with E-state index in [1.54, 1.807) is 61.5 Å². The van der Waals surface area contributed by atoms with Gasteiger partial charge in [-0.3, -0.25) is 57.1 Å². The van der Waals surface area contributed by atoms with Gasteiger partial charge in [-0.25, -0.2) is 0 Å². The molecule has 1 heterocycles. The van der Waals surface area contributed by atoms with Crippen LogP contribution in [-0.2, 0) is 57.5 Å². The Morgan fingerprint density at radius 3 is 1.57 bits per heavy atom. The summed E-state index contributed by atoms with van der Waals surface area (Å²) < 4.78 is 19.2. The van der Waals surface area contributed by atoms with E-state index in [9.17, 15) is 62.2 Å². The summed E-state index contributed by atoms with van der Waals surface area (Å²) in [5.74, 6) is -11.2. The number of alkyl halides is 1. The van der Waals surface area contributed by atoms with Crippen molar-refractivity contribution in [3.8, 4) is 0 Å². The summed E-state index contributed by atoms with van der Waals surface area (Å²) in [6.45, 7) is 34.5. The molecule has 1 fully saturated rings. The minimum atomic E-state index is -1.40. The third-order valence-electron chi connectivity index (χ3n) is 18.3. The lowest BCUT2D eigenvalue weighted by Crippen LogP contribution is -2.53. The summed E-state index contributed by atoms with van der Waals surface area (Å²) in [5.41, 5.74) is 0. The molecule has 94 heavy (non-hydrogen) atoms. The van der Waals surface area contributed by atoms with Gasteiger partial charge in [0.2, 0.25) is 35.4 Å². The van der Waals surface area contributed by atoms with E-state index in [0.717, 1.165) is 5.92 Å². The molecule has 20 heteroatoms. The van der Waals surface area contributed by atoms with Crippen molar-refractivity contribution < 1.29 is 67.0 Å². The summed E-state index contributed by atoms with van der Waals surface area (Å²) in [4.78, 5) is 164. The quantitative estimate of drug-likeness (QED) is 0.0636. The summed E-state index contributed by atoms with van der Waals surface area (Å²) >= 11 is 0. The molecule has 19 nitrogen and oxygen atoms in total. The number of Topliss-reactive ketones (excluding diaryl/α,β-unsaturated/α-hetero) is 5. The molecule has 0 aromatic heterocycles. The molecule has 0 saturated carbocycles. The van der Waals surface area contributed by atoms with Gasteiger partial charge in [0.05, 0.1) is 49.0 Å². The number of ketones is 5. The first-order valence-electron chi connectivity index (χ1n) is 35.5. The Morgan fingerprint density at radius 1 is 0.553 bits per heavy atom. The smallest absolute Gasteiger partial charge is 0.245 e. The highest BCUT2D eigenvalue weighted by molar-refractivity contribution is 5.99. The van der Waals surface area contributed by atoms with Gasteiger partial charge in [-0.2, -0.15) is 0 Å². The molecular formula is C74H131FN6O13. The fourth-order valence-electron chi connectivity index (χ4n) is 12.5. The molecule has 0 unspecified atom stereocenters. The van der Waals surface area contributed by atoms with E-state index in [-0.39, 0.29) is 82.1 Å². The van der Waals surface area contributed by atoms with Gasteiger partial charge in [0.1, 0.15) is 12.1 Å². The van der Waals surface area contributed by atoms with Crippen molar-refractivity contribution in [2.24, 2.45) is 65.1 Å². The van der Waals surface area contributed by atoms with Crippen LogP contribution in [0.2, 0.25) is 0 Å². The molecule has 1 aliphatic heterocycles. The van der Waals surface area contributed by atoms with Crippen molar-refractivity contribution in [3.63, 3.8) is 0 Å². The number of aliphatic hydroxyl groups excluding tert-OH is 1. The molecule has 1 aliphatic rings. The molecule has 0 radical (unpaired) electrons. The maximum absolute atomic E-state index is 14.9. The standard InChI is InChI=1S/C66H113FN6O13.C8H18/c1-21-23-26-43(13)61(80)49-37-56(77)59(42(11)12)73(20)65(84)47(31-38(3)4)35-55(76)52(33-40(7)8)70(17)64(83)45(15)68-62(81)44(14)34-54(75)51(32-39(5)6)71(18)66(85)48(41(9)10)36-57(78)60(46(16)86-30-25-24-29-67)72(19)58(79)28-27-53(74)50(22-2)69-63(49)82;1-4-5-6-7-8(2)3/h21,23,38-52,59-61,80H,22,24-37H2,1-20H3,(H,68,81)(H,69,82);8H,4-7H2,1-3H3/b23-21+;/t43-,44-,45-,46-,47-,48+,49+,50+,51+,52+,59+,60+,61-;/m1./s1. The average Bonchev–Trinajstić information content (AvgIpc) is 0.837. The summed E-state index contributed by atoms with van der Waals surface area (Å²) in [6.07, 6.45) is 6.24. The van der Waals surface area contributed by atoms with Crippen molar-refractivity contribution in [2.45, 2.75) is 289 Å². The maximum atomic E-state index is 14.9. The summed E-state index contributed by atoms with van der Waals surface area (Å²) in [6, 6.07) is -6.76. The van der Waals surface area contributed by atoms with Gasteiger partial charge >= 0.3 is 0 Å². The first kappa shape index (κ1) is 88.8. The average molecular weight is 1330 g/mol.